The number of nitro benzene ring substituents is 1. The molecule has 1 aromatic carbocycles. The SMILES string of the molecule is O=[N+]([O-])c1ccc2[nH]c([C@@H]3O[C@H](CO)[C@@H](O)[C@@H]3O)cc2c1. The van der Waals surface area contributed by atoms with Gasteiger partial charge in [-0.1, -0.05) is 0 Å². The monoisotopic (exact) mass is 294 g/mol. The van der Waals surface area contributed by atoms with E-state index in [1.54, 1.807) is 12.1 Å². The molecule has 2 aromatic rings. The Kier molecular flexibility index (Phi) is 3.38. The van der Waals surface area contributed by atoms with E-state index in [9.17, 15) is 20.3 Å². The van der Waals surface area contributed by atoms with E-state index in [1.165, 1.54) is 12.1 Å². The molecule has 8 nitrogen and oxygen atoms in total. The lowest BCUT2D eigenvalue weighted by molar-refractivity contribution is -0.384. The molecule has 1 saturated heterocycles. The van der Waals surface area contributed by atoms with Crippen LogP contribution in [-0.2, 0) is 4.74 Å². The van der Waals surface area contributed by atoms with Gasteiger partial charge in [-0.25, -0.2) is 0 Å². The number of aliphatic hydroxyl groups excluding tert-OH is 3. The lowest BCUT2D eigenvalue weighted by Crippen LogP contribution is -2.32. The number of non-ortho nitro benzene ring substituents is 1. The lowest BCUT2D eigenvalue weighted by Gasteiger charge is -2.12. The summed E-state index contributed by atoms with van der Waals surface area (Å²) in [6, 6.07) is 5.98. The maximum atomic E-state index is 10.8. The normalized spacial score (nSPS) is 29.1. The van der Waals surface area contributed by atoms with E-state index in [0.29, 0.717) is 16.6 Å². The number of nitrogens with one attached hydrogen (secondary N) is 1. The van der Waals surface area contributed by atoms with Gasteiger partial charge in [0.1, 0.15) is 24.4 Å². The average molecular weight is 294 g/mol. The van der Waals surface area contributed by atoms with Gasteiger partial charge in [-0.05, 0) is 12.1 Å². The van der Waals surface area contributed by atoms with Crippen LogP contribution in [0.4, 0.5) is 5.69 Å². The number of hydrogen-bond acceptors (Lipinski definition) is 6. The minimum atomic E-state index is -1.18. The van der Waals surface area contributed by atoms with Crippen LogP contribution in [0.2, 0.25) is 0 Å². The van der Waals surface area contributed by atoms with E-state index in [4.69, 9.17) is 9.84 Å². The molecule has 8 heteroatoms. The summed E-state index contributed by atoms with van der Waals surface area (Å²) in [6.45, 7) is -0.402. The second-order valence-electron chi connectivity index (χ2n) is 5.01. The molecule has 0 amide bonds. The quantitative estimate of drug-likeness (QED) is 0.474. The van der Waals surface area contributed by atoms with Gasteiger partial charge in [0, 0.05) is 28.7 Å². The smallest absolute Gasteiger partial charge is 0.270 e. The first-order chi connectivity index (χ1) is 10.0. The van der Waals surface area contributed by atoms with Crippen molar-refractivity contribution in [1.29, 1.82) is 0 Å². The van der Waals surface area contributed by atoms with Crippen LogP contribution in [-0.4, -0.2) is 50.1 Å². The number of rotatable bonds is 3. The van der Waals surface area contributed by atoms with Crippen molar-refractivity contribution in [3.05, 3.63) is 40.1 Å². The average Bonchev–Trinajstić information content (AvgIpc) is 3.00. The van der Waals surface area contributed by atoms with Crippen LogP contribution in [0.15, 0.2) is 24.3 Å². The molecule has 2 heterocycles. The summed E-state index contributed by atoms with van der Waals surface area (Å²) in [6.07, 6.45) is -4.03. The predicted octanol–water partition coefficient (Wildman–Crippen LogP) is 0.230. The highest BCUT2D eigenvalue weighted by Gasteiger charge is 2.43. The van der Waals surface area contributed by atoms with Crippen LogP contribution < -0.4 is 0 Å². The maximum Gasteiger partial charge on any atom is 0.270 e. The third-order valence-corrected chi connectivity index (χ3v) is 3.68. The van der Waals surface area contributed by atoms with Crippen molar-refractivity contribution in [1.82, 2.24) is 4.98 Å². The third-order valence-electron chi connectivity index (χ3n) is 3.68. The van der Waals surface area contributed by atoms with Crippen molar-refractivity contribution in [2.45, 2.75) is 24.4 Å². The number of benzene rings is 1. The van der Waals surface area contributed by atoms with Crippen LogP contribution >= 0.6 is 0 Å². The molecule has 0 spiro atoms. The first-order valence-corrected chi connectivity index (χ1v) is 6.41. The molecule has 0 unspecified atom stereocenters. The fourth-order valence-corrected chi connectivity index (χ4v) is 2.57. The Hall–Kier alpha value is -2.00. The highest BCUT2D eigenvalue weighted by Crippen LogP contribution is 2.35. The molecule has 1 aliphatic rings. The van der Waals surface area contributed by atoms with Crippen LogP contribution in [0.3, 0.4) is 0 Å². The number of nitrogens with zero attached hydrogens (tertiary/aromatic N) is 1. The number of aromatic nitrogens is 1. The molecule has 21 heavy (non-hydrogen) atoms. The summed E-state index contributed by atoms with van der Waals surface area (Å²) in [5.74, 6) is 0. The van der Waals surface area contributed by atoms with Gasteiger partial charge in [0.05, 0.1) is 11.5 Å². The molecule has 1 fully saturated rings. The fourth-order valence-electron chi connectivity index (χ4n) is 2.57. The molecular formula is C13H14N2O6. The number of aromatic amines is 1. The van der Waals surface area contributed by atoms with E-state index in [-0.39, 0.29) is 5.69 Å². The van der Waals surface area contributed by atoms with Crippen LogP contribution in [0, 0.1) is 10.1 Å². The molecule has 0 radical (unpaired) electrons. The summed E-state index contributed by atoms with van der Waals surface area (Å²) in [5, 5.41) is 40.1. The van der Waals surface area contributed by atoms with Crippen molar-refractivity contribution >= 4 is 16.6 Å². The summed E-state index contributed by atoms with van der Waals surface area (Å²) in [4.78, 5) is 13.3. The van der Waals surface area contributed by atoms with Gasteiger partial charge in [-0.2, -0.15) is 0 Å². The minimum absolute atomic E-state index is 0.0331. The van der Waals surface area contributed by atoms with Crippen LogP contribution in [0.25, 0.3) is 10.9 Å². The van der Waals surface area contributed by atoms with E-state index in [2.05, 4.69) is 4.98 Å². The van der Waals surface area contributed by atoms with E-state index in [1.807, 2.05) is 0 Å². The summed E-state index contributed by atoms with van der Waals surface area (Å²) in [5.41, 5.74) is 1.12. The van der Waals surface area contributed by atoms with Gasteiger partial charge in [0.2, 0.25) is 0 Å². The van der Waals surface area contributed by atoms with Crippen molar-refractivity contribution < 1.29 is 25.0 Å². The number of H-pyrrole nitrogens is 1. The van der Waals surface area contributed by atoms with Crippen molar-refractivity contribution in [3.8, 4) is 0 Å². The van der Waals surface area contributed by atoms with Crippen molar-refractivity contribution in [3.63, 3.8) is 0 Å². The molecule has 0 saturated carbocycles. The second-order valence-corrected chi connectivity index (χ2v) is 5.01. The Balaban J connectivity index is 1.96. The highest BCUT2D eigenvalue weighted by molar-refractivity contribution is 5.82. The lowest BCUT2D eigenvalue weighted by atomic mass is 10.1. The van der Waals surface area contributed by atoms with Gasteiger partial charge in [0.25, 0.3) is 5.69 Å². The van der Waals surface area contributed by atoms with E-state index >= 15 is 0 Å². The van der Waals surface area contributed by atoms with Crippen LogP contribution in [0.1, 0.15) is 11.8 Å². The number of aliphatic hydroxyl groups is 3. The summed E-state index contributed by atoms with van der Waals surface area (Å²) < 4.78 is 5.41. The van der Waals surface area contributed by atoms with E-state index < -0.39 is 35.9 Å². The zero-order chi connectivity index (χ0) is 15.1. The first kappa shape index (κ1) is 14.0. The molecule has 1 aliphatic heterocycles. The van der Waals surface area contributed by atoms with Gasteiger partial charge < -0.3 is 25.0 Å². The largest absolute Gasteiger partial charge is 0.394 e. The number of fused-ring (bicyclic) bond motifs is 1. The maximum absolute atomic E-state index is 10.8. The molecule has 0 bridgehead atoms. The number of hydrogen-bond donors (Lipinski definition) is 4. The Morgan fingerprint density at radius 3 is 2.67 bits per heavy atom. The number of ether oxygens (including phenoxy) is 1. The van der Waals surface area contributed by atoms with E-state index in [0.717, 1.165) is 0 Å². The first-order valence-electron chi connectivity index (χ1n) is 6.41. The van der Waals surface area contributed by atoms with Crippen molar-refractivity contribution in [2.24, 2.45) is 0 Å². The van der Waals surface area contributed by atoms with Crippen LogP contribution in [0.5, 0.6) is 0 Å². The Morgan fingerprint density at radius 2 is 2.05 bits per heavy atom. The number of nitro groups is 1. The van der Waals surface area contributed by atoms with Gasteiger partial charge in [-0.15, -0.1) is 0 Å². The Morgan fingerprint density at radius 1 is 1.29 bits per heavy atom. The molecule has 3 rings (SSSR count). The standard InChI is InChI=1S/C13H14N2O6/c16-5-10-11(17)12(18)13(21-10)9-4-6-3-7(15(19)20)1-2-8(6)14-9/h1-4,10-14,16-18H,5H2/t10-,11-,12+,13+/m1/s1. The minimum Gasteiger partial charge on any atom is -0.394 e. The van der Waals surface area contributed by atoms with Gasteiger partial charge >= 0.3 is 0 Å². The molecule has 1 aromatic heterocycles. The van der Waals surface area contributed by atoms with Gasteiger partial charge in [-0.3, -0.25) is 10.1 Å². The zero-order valence-electron chi connectivity index (χ0n) is 10.8. The zero-order valence-corrected chi connectivity index (χ0v) is 10.8. The molecule has 4 N–H and O–H groups in total. The topological polar surface area (TPSA) is 129 Å². The molecular weight excluding hydrogens is 280 g/mol. The molecule has 0 aliphatic carbocycles. The Bertz CT molecular complexity index is 684. The second kappa shape index (κ2) is 5.08. The predicted molar refractivity (Wildman–Crippen MR) is 71.7 cm³/mol. The van der Waals surface area contributed by atoms with Crippen molar-refractivity contribution in [2.75, 3.05) is 6.61 Å². The summed E-state index contributed by atoms with van der Waals surface area (Å²) in [7, 11) is 0. The molecule has 112 valence electrons. The Labute approximate surface area is 118 Å². The summed E-state index contributed by atoms with van der Waals surface area (Å²) >= 11 is 0. The fraction of sp³-hybridized carbons (Fsp3) is 0.385. The third kappa shape index (κ3) is 2.28. The highest BCUT2D eigenvalue weighted by atomic mass is 16.6. The van der Waals surface area contributed by atoms with Gasteiger partial charge in [0.15, 0.2) is 0 Å². The molecule has 4 atom stereocenters.